The van der Waals surface area contributed by atoms with Gasteiger partial charge in [0, 0.05) is 10.8 Å². The number of fused-ring (bicyclic) bond motifs is 8. The van der Waals surface area contributed by atoms with E-state index in [1.807, 2.05) is 69.2 Å². The SMILES string of the molecule is C1=Cc2nc3c4ccccc4c4ccccc4n3c2C=CC1.CC.CC.CC.CC.CC. The number of aromatic nitrogens is 2. The summed E-state index contributed by atoms with van der Waals surface area (Å²) in [6, 6.07) is 17.1. The number of rotatable bonds is 0. The second-order valence-corrected chi connectivity index (χ2v) is 5.64. The van der Waals surface area contributed by atoms with Crippen molar-refractivity contribution in [2.24, 2.45) is 0 Å². The Morgan fingerprint density at radius 2 is 1.09 bits per heavy atom. The van der Waals surface area contributed by atoms with Crippen molar-refractivity contribution in [3.05, 3.63) is 72.1 Å². The summed E-state index contributed by atoms with van der Waals surface area (Å²) >= 11 is 0. The standard InChI is InChI=1S/C20H14N2.5C2H6/c1-2-11-17-19(13-3-1)22-18-12-7-6-9-15(18)14-8-4-5-10-16(14)20(22)21-17;5*1-2/h2-13H,1H2;5*1-2H3. The van der Waals surface area contributed by atoms with E-state index in [4.69, 9.17) is 4.98 Å². The lowest BCUT2D eigenvalue weighted by Crippen LogP contribution is -1.93. The summed E-state index contributed by atoms with van der Waals surface area (Å²) in [5.41, 5.74) is 4.47. The van der Waals surface area contributed by atoms with Gasteiger partial charge in [-0.05, 0) is 30.0 Å². The number of para-hydroxylation sites is 1. The van der Waals surface area contributed by atoms with E-state index in [1.165, 1.54) is 27.4 Å². The molecule has 2 heterocycles. The third kappa shape index (κ3) is 6.09. The second kappa shape index (κ2) is 16.8. The van der Waals surface area contributed by atoms with Crippen LogP contribution in [0.2, 0.25) is 0 Å². The van der Waals surface area contributed by atoms with E-state index in [-0.39, 0.29) is 0 Å². The van der Waals surface area contributed by atoms with Crippen LogP contribution in [0.25, 0.3) is 39.5 Å². The van der Waals surface area contributed by atoms with E-state index in [1.54, 1.807) is 0 Å². The molecule has 0 N–H and O–H groups in total. The molecule has 0 fully saturated rings. The molecule has 1 aliphatic carbocycles. The van der Waals surface area contributed by atoms with Gasteiger partial charge in [0.05, 0.1) is 16.9 Å². The van der Waals surface area contributed by atoms with Crippen molar-refractivity contribution in [3.8, 4) is 0 Å². The van der Waals surface area contributed by atoms with Gasteiger partial charge in [-0.3, -0.25) is 4.40 Å². The van der Waals surface area contributed by atoms with E-state index in [0.717, 1.165) is 17.8 Å². The molecular weight excluding hydrogens is 388 g/mol. The third-order valence-electron chi connectivity index (χ3n) is 4.37. The van der Waals surface area contributed by atoms with Crippen LogP contribution < -0.4 is 0 Å². The Bertz CT molecular complexity index is 1100. The highest BCUT2D eigenvalue weighted by Crippen LogP contribution is 2.32. The van der Waals surface area contributed by atoms with Gasteiger partial charge in [-0.2, -0.15) is 0 Å². The maximum absolute atomic E-state index is 4.92. The summed E-state index contributed by atoms with van der Waals surface area (Å²) in [5, 5.41) is 3.74. The van der Waals surface area contributed by atoms with Crippen LogP contribution in [-0.2, 0) is 0 Å². The molecule has 0 unspecified atom stereocenters. The Balaban J connectivity index is 0.000000858. The Morgan fingerprint density at radius 3 is 1.72 bits per heavy atom. The Labute approximate surface area is 196 Å². The molecule has 2 heteroatoms. The van der Waals surface area contributed by atoms with Crippen LogP contribution in [-0.4, -0.2) is 9.38 Å². The molecule has 174 valence electrons. The molecule has 0 amide bonds. The van der Waals surface area contributed by atoms with E-state index in [9.17, 15) is 0 Å². The van der Waals surface area contributed by atoms with Gasteiger partial charge in [0.25, 0.3) is 0 Å². The zero-order valence-electron chi connectivity index (χ0n) is 22.0. The highest BCUT2D eigenvalue weighted by Gasteiger charge is 2.15. The van der Waals surface area contributed by atoms with Gasteiger partial charge in [-0.25, -0.2) is 4.98 Å². The van der Waals surface area contributed by atoms with Gasteiger partial charge in [-0.1, -0.05) is 124 Å². The normalized spacial score (nSPS) is 10.4. The highest BCUT2D eigenvalue weighted by molar-refractivity contribution is 6.12. The molecule has 0 atom stereocenters. The van der Waals surface area contributed by atoms with Crippen molar-refractivity contribution in [1.29, 1.82) is 0 Å². The fourth-order valence-electron chi connectivity index (χ4n) is 3.40. The van der Waals surface area contributed by atoms with E-state index in [0.29, 0.717) is 0 Å². The number of imidazole rings is 1. The molecule has 0 radical (unpaired) electrons. The first-order chi connectivity index (χ1) is 15.9. The molecule has 32 heavy (non-hydrogen) atoms. The Kier molecular flexibility index (Phi) is 15.3. The number of allylic oxidation sites excluding steroid dienone is 2. The lowest BCUT2D eigenvalue weighted by molar-refractivity contribution is 1.24. The van der Waals surface area contributed by atoms with Crippen LogP contribution in [0.5, 0.6) is 0 Å². The first-order valence-electron chi connectivity index (χ1n) is 12.6. The molecule has 5 rings (SSSR count). The zero-order chi connectivity index (χ0) is 24.5. The van der Waals surface area contributed by atoms with E-state index in [2.05, 4.69) is 77.2 Å². The van der Waals surface area contributed by atoms with Crippen molar-refractivity contribution in [3.63, 3.8) is 0 Å². The summed E-state index contributed by atoms with van der Waals surface area (Å²) in [7, 11) is 0. The molecule has 0 saturated carbocycles. The minimum absolute atomic E-state index is 0.962. The van der Waals surface area contributed by atoms with E-state index >= 15 is 0 Å². The molecule has 2 nitrogen and oxygen atoms in total. The van der Waals surface area contributed by atoms with Gasteiger partial charge >= 0.3 is 0 Å². The highest BCUT2D eigenvalue weighted by atomic mass is 15.0. The molecule has 2 aromatic carbocycles. The van der Waals surface area contributed by atoms with Crippen molar-refractivity contribution in [2.45, 2.75) is 75.7 Å². The zero-order valence-corrected chi connectivity index (χ0v) is 22.0. The van der Waals surface area contributed by atoms with Crippen LogP contribution in [0.3, 0.4) is 0 Å². The number of hydrogen-bond donors (Lipinski definition) is 0. The second-order valence-electron chi connectivity index (χ2n) is 5.64. The Morgan fingerprint density at radius 1 is 0.594 bits per heavy atom. The summed E-state index contributed by atoms with van der Waals surface area (Å²) < 4.78 is 2.29. The fraction of sp³-hybridized carbons (Fsp3) is 0.367. The predicted octanol–water partition coefficient (Wildman–Crippen LogP) is 10.2. The maximum Gasteiger partial charge on any atom is 0.146 e. The fourth-order valence-corrected chi connectivity index (χ4v) is 3.40. The van der Waals surface area contributed by atoms with Gasteiger partial charge in [0.1, 0.15) is 5.65 Å². The summed E-state index contributed by atoms with van der Waals surface area (Å²) in [4.78, 5) is 4.92. The average Bonchev–Trinajstić information content (AvgIpc) is 3.13. The van der Waals surface area contributed by atoms with Crippen LogP contribution in [0, 0.1) is 0 Å². The smallest absolute Gasteiger partial charge is 0.146 e. The van der Waals surface area contributed by atoms with E-state index < -0.39 is 0 Å². The van der Waals surface area contributed by atoms with Crippen molar-refractivity contribution >= 4 is 39.5 Å². The molecule has 4 aromatic rings. The van der Waals surface area contributed by atoms with Crippen LogP contribution >= 0.6 is 0 Å². The molecule has 0 bridgehead atoms. The molecule has 0 saturated heterocycles. The largest absolute Gasteiger partial charge is 0.292 e. The Hall–Kier alpha value is -2.87. The summed E-state index contributed by atoms with van der Waals surface area (Å²) in [5.74, 6) is 0. The molecule has 0 spiro atoms. The summed E-state index contributed by atoms with van der Waals surface area (Å²) in [6.07, 6.45) is 9.64. The number of benzene rings is 2. The van der Waals surface area contributed by atoms with Crippen LogP contribution in [0.1, 0.15) is 87.0 Å². The first-order valence-corrected chi connectivity index (χ1v) is 12.6. The van der Waals surface area contributed by atoms with Crippen molar-refractivity contribution in [2.75, 3.05) is 0 Å². The molecule has 1 aliphatic rings. The van der Waals surface area contributed by atoms with Gasteiger partial charge in [0.2, 0.25) is 0 Å². The lowest BCUT2D eigenvalue weighted by Gasteiger charge is -2.09. The summed E-state index contributed by atoms with van der Waals surface area (Å²) in [6.45, 7) is 20.0. The molecule has 2 aromatic heterocycles. The topological polar surface area (TPSA) is 17.3 Å². The lowest BCUT2D eigenvalue weighted by atomic mass is 10.1. The quantitative estimate of drug-likeness (QED) is 0.253. The first kappa shape index (κ1) is 29.1. The third-order valence-corrected chi connectivity index (χ3v) is 4.37. The predicted molar refractivity (Wildman–Crippen MR) is 150 cm³/mol. The monoisotopic (exact) mass is 432 g/mol. The average molecular weight is 433 g/mol. The number of hydrogen-bond acceptors (Lipinski definition) is 1. The van der Waals surface area contributed by atoms with Gasteiger partial charge in [-0.15, -0.1) is 0 Å². The minimum atomic E-state index is 0.962. The number of nitrogens with zero attached hydrogens (tertiary/aromatic N) is 2. The van der Waals surface area contributed by atoms with Gasteiger partial charge in [0.15, 0.2) is 0 Å². The maximum atomic E-state index is 4.92. The minimum Gasteiger partial charge on any atom is -0.292 e. The van der Waals surface area contributed by atoms with Crippen LogP contribution in [0.4, 0.5) is 0 Å². The molecular formula is C30H44N2. The van der Waals surface area contributed by atoms with Crippen molar-refractivity contribution < 1.29 is 0 Å². The molecule has 0 aliphatic heterocycles. The van der Waals surface area contributed by atoms with Crippen molar-refractivity contribution in [1.82, 2.24) is 9.38 Å². The van der Waals surface area contributed by atoms with Gasteiger partial charge < -0.3 is 0 Å². The number of pyridine rings is 1. The van der Waals surface area contributed by atoms with Crippen LogP contribution in [0.15, 0.2) is 60.7 Å².